The molecule has 1 aromatic rings. The van der Waals surface area contributed by atoms with E-state index in [-0.39, 0.29) is 5.56 Å². The molecule has 0 heterocycles. The van der Waals surface area contributed by atoms with Gasteiger partial charge in [0.15, 0.2) is 0 Å². The Morgan fingerprint density at radius 1 is 1.36 bits per heavy atom. The van der Waals surface area contributed by atoms with Gasteiger partial charge in [0.1, 0.15) is 11.5 Å². The smallest absolute Gasteiger partial charge is 0.126 e. The van der Waals surface area contributed by atoms with Crippen molar-refractivity contribution in [3.63, 3.8) is 0 Å². The van der Waals surface area contributed by atoms with E-state index in [0.29, 0.717) is 0 Å². The highest BCUT2D eigenvalue weighted by atomic mass is 19.1. The molecule has 0 fully saturated rings. The highest BCUT2D eigenvalue weighted by molar-refractivity contribution is 5.24. The summed E-state index contributed by atoms with van der Waals surface area (Å²) in [6.07, 6.45) is 0. The van der Waals surface area contributed by atoms with Gasteiger partial charge in [0.05, 0.1) is 6.61 Å². The van der Waals surface area contributed by atoms with Gasteiger partial charge in [-0.1, -0.05) is 18.2 Å². The molecule has 0 amide bonds. The largest absolute Gasteiger partial charge is 0.396 e. The summed E-state index contributed by atoms with van der Waals surface area (Å²) in [6, 6.07) is 5.94. The molecule has 1 rings (SSSR count). The zero-order valence-electron chi connectivity index (χ0n) is 8.30. The third kappa shape index (κ3) is 2.29. The molecule has 0 aliphatic heterocycles. The molecule has 1 aromatic carbocycles. The van der Waals surface area contributed by atoms with E-state index in [1.54, 1.807) is 12.1 Å². The predicted molar refractivity (Wildman–Crippen MR) is 51.4 cm³/mol. The van der Waals surface area contributed by atoms with Crippen molar-refractivity contribution in [3.05, 3.63) is 35.6 Å². The van der Waals surface area contributed by atoms with Gasteiger partial charge in [-0.2, -0.15) is 0 Å². The molecule has 0 saturated carbocycles. The lowest BCUT2D eigenvalue weighted by molar-refractivity contribution is 0.117. The first-order valence-corrected chi connectivity index (χ1v) is 4.51. The number of halogens is 2. The summed E-state index contributed by atoms with van der Waals surface area (Å²) in [5.41, 5.74) is -1.40. The molecule has 1 atom stereocenters. The van der Waals surface area contributed by atoms with Crippen LogP contribution in [0.1, 0.15) is 25.3 Å². The van der Waals surface area contributed by atoms with Gasteiger partial charge >= 0.3 is 0 Å². The van der Waals surface area contributed by atoms with E-state index in [0.717, 1.165) is 0 Å². The van der Waals surface area contributed by atoms with Crippen molar-refractivity contribution in [2.45, 2.75) is 25.4 Å². The lowest BCUT2D eigenvalue weighted by atomic mass is 9.86. The van der Waals surface area contributed by atoms with E-state index in [4.69, 9.17) is 5.11 Å². The normalized spacial score (nSPS) is 14.1. The molecule has 3 heteroatoms. The first-order chi connectivity index (χ1) is 6.46. The monoisotopic (exact) mass is 200 g/mol. The molecule has 0 aliphatic rings. The number of hydrogen-bond acceptors (Lipinski definition) is 1. The van der Waals surface area contributed by atoms with E-state index in [2.05, 4.69) is 0 Å². The maximum absolute atomic E-state index is 13.6. The van der Waals surface area contributed by atoms with Crippen molar-refractivity contribution in [3.8, 4) is 0 Å². The summed E-state index contributed by atoms with van der Waals surface area (Å²) >= 11 is 0. The molecule has 1 unspecified atom stereocenters. The maximum Gasteiger partial charge on any atom is 0.126 e. The van der Waals surface area contributed by atoms with Crippen LogP contribution in [-0.2, 0) is 0 Å². The number of hydrogen-bond donors (Lipinski definition) is 1. The predicted octanol–water partition coefficient (Wildman–Crippen LogP) is 2.65. The van der Waals surface area contributed by atoms with Crippen LogP contribution in [-0.4, -0.2) is 17.4 Å². The van der Waals surface area contributed by atoms with Crippen molar-refractivity contribution >= 4 is 0 Å². The van der Waals surface area contributed by atoms with Crippen molar-refractivity contribution in [1.29, 1.82) is 0 Å². The molecule has 14 heavy (non-hydrogen) atoms. The van der Waals surface area contributed by atoms with Crippen LogP contribution in [0.25, 0.3) is 0 Å². The first-order valence-electron chi connectivity index (χ1n) is 4.51. The molecular weight excluding hydrogens is 186 g/mol. The Labute approximate surface area is 82.4 Å². The fourth-order valence-electron chi connectivity index (χ4n) is 1.44. The topological polar surface area (TPSA) is 20.2 Å². The van der Waals surface area contributed by atoms with Crippen LogP contribution in [0.15, 0.2) is 24.3 Å². The Morgan fingerprint density at radius 3 is 2.36 bits per heavy atom. The van der Waals surface area contributed by atoms with Gasteiger partial charge in [0.25, 0.3) is 0 Å². The first kappa shape index (κ1) is 11.1. The van der Waals surface area contributed by atoms with Crippen LogP contribution in [0.3, 0.4) is 0 Å². The summed E-state index contributed by atoms with van der Waals surface area (Å²) in [5, 5.41) is 9.03. The molecule has 0 bridgehead atoms. The van der Waals surface area contributed by atoms with E-state index in [1.807, 2.05) is 0 Å². The van der Waals surface area contributed by atoms with Gasteiger partial charge < -0.3 is 5.11 Å². The summed E-state index contributed by atoms with van der Waals surface area (Å²) in [6.45, 7) is 2.27. The minimum atomic E-state index is -1.63. The van der Waals surface area contributed by atoms with Crippen LogP contribution in [0.4, 0.5) is 8.78 Å². The molecule has 0 saturated heterocycles. The van der Waals surface area contributed by atoms with Gasteiger partial charge in [-0.25, -0.2) is 8.78 Å². The van der Waals surface area contributed by atoms with Crippen LogP contribution in [0.2, 0.25) is 0 Å². The SMILES string of the molecule is CC(C)(F)C(CO)c1ccccc1F. The molecule has 1 nitrogen and oxygen atoms in total. The Hall–Kier alpha value is -0.960. The fourth-order valence-corrected chi connectivity index (χ4v) is 1.44. The molecule has 1 N–H and O–H groups in total. The second-order valence-corrected chi connectivity index (χ2v) is 3.82. The Kier molecular flexibility index (Phi) is 3.21. The minimum Gasteiger partial charge on any atom is -0.396 e. The molecule has 78 valence electrons. The van der Waals surface area contributed by atoms with E-state index >= 15 is 0 Å². The third-order valence-electron chi connectivity index (χ3n) is 2.29. The molecule has 0 aliphatic carbocycles. The quantitative estimate of drug-likeness (QED) is 0.795. The van der Waals surface area contributed by atoms with Gasteiger partial charge in [-0.05, 0) is 25.5 Å². The number of aliphatic hydroxyl groups excluding tert-OH is 1. The number of benzene rings is 1. The Balaban J connectivity index is 3.08. The summed E-state index contributed by atoms with van der Waals surface area (Å²) in [5.74, 6) is -1.29. The Bertz CT molecular complexity index is 304. The average Bonchev–Trinajstić information content (AvgIpc) is 2.07. The van der Waals surface area contributed by atoms with E-state index in [9.17, 15) is 8.78 Å². The van der Waals surface area contributed by atoms with Crippen molar-refractivity contribution in [2.75, 3.05) is 6.61 Å². The third-order valence-corrected chi connectivity index (χ3v) is 2.29. The van der Waals surface area contributed by atoms with Gasteiger partial charge in [0.2, 0.25) is 0 Å². The van der Waals surface area contributed by atoms with Crippen LogP contribution < -0.4 is 0 Å². The maximum atomic E-state index is 13.6. The van der Waals surface area contributed by atoms with Crippen LogP contribution in [0.5, 0.6) is 0 Å². The molecule has 0 spiro atoms. The van der Waals surface area contributed by atoms with Crippen LogP contribution >= 0.6 is 0 Å². The number of aliphatic hydroxyl groups is 1. The van der Waals surface area contributed by atoms with E-state index in [1.165, 1.54) is 26.0 Å². The van der Waals surface area contributed by atoms with E-state index < -0.39 is 24.0 Å². The summed E-state index contributed by atoms with van der Waals surface area (Å²) < 4.78 is 26.9. The molecule has 0 radical (unpaired) electrons. The average molecular weight is 200 g/mol. The molecular formula is C11H14F2O. The lowest BCUT2D eigenvalue weighted by Gasteiger charge is -2.25. The van der Waals surface area contributed by atoms with Crippen molar-refractivity contribution < 1.29 is 13.9 Å². The zero-order chi connectivity index (χ0) is 10.8. The number of alkyl halides is 1. The highest BCUT2D eigenvalue weighted by Gasteiger charge is 2.31. The lowest BCUT2D eigenvalue weighted by Crippen LogP contribution is -2.27. The van der Waals surface area contributed by atoms with Crippen molar-refractivity contribution in [1.82, 2.24) is 0 Å². The second kappa shape index (κ2) is 4.05. The summed E-state index contributed by atoms with van der Waals surface area (Å²) in [4.78, 5) is 0. The second-order valence-electron chi connectivity index (χ2n) is 3.82. The number of rotatable bonds is 3. The summed E-state index contributed by atoms with van der Waals surface area (Å²) in [7, 11) is 0. The minimum absolute atomic E-state index is 0.225. The van der Waals surface area contributed by atoms with Crippen LogP contribution in [0, 0.1) is 5.82 Å². The standard InChI is InChI=1S/C11H14F2O/c1-11(2,13)9(7-14)8-5-3-4-6-10(8)12/h3-6,9,14H,7H2,1-2H3. The highest BCUT2D eigenvalue weighted by Crippen LogP contribution is 2.32. The van der Waals surface area contributed by atoms with Gasteiger partial charge in [-0.15, -0.1) is 0 Å². The van der Waals surface area contributed by atoms with Gasteiger partial charge in [-0.3, -0.25) is 0 Å². The Morgan fingerprint density at radius 2 is 1.93 bits per heavy atom. The fraction of sp³-hybridized carbons (Fsp3) is 0.455. The van der Waals surface area contributed by atoms with Gasteiger partial charge in [0, 0.05) is 5.92 Å². The van der Waals surface area contributed by atoms with Crippen molar-refractivity contribution in [2.24, 2.45) is 0 Å². The molecule has 0 aromatic heterocycles. The zero-order valence-corrected chi connectivity index (χ0v) is 8.30.